The van der Waals surface area contributed by atoms with E-state index in [0.29, 0.717) is 0 Å². The molecule has 0 aromatic carbocycles. The topological polar surface area (TPSA) is 72.8 Å². The minimum atomic E-state index is -0.793. The molecule has 3 aliphatic carbocycles. The van der Waals surface area contributed by atoms with E-state index in [1.807, 2.05) is 0 Å². The zero-order valence-corrected chi connectivity index (χ0v) is 10.9. The van der Waals surface area contributed by atoms with Crippen LogP contribution in [-0.4, -0.2) is 36.4 Å². The van der Waals surface area contributed by atoms with Crippen molar-refractivity contribution in [1.82, 2.24) is 0 Å². The molecule has 0 spiro atoms. The van der Waals surface area contributed by atoms with Crippen LogP contribution in [0.3, 0.4) is 0 Å². The Balaban J connectivity index is 1.45. The summed E-state index contributed by atoms with van der Waals surface area (Å²) >= 11 is 0. The van der Waals surface area contributed by atoms with Gasteiger partial charge in [0.15, 0.2) is 6.61 Å². The highest BCUT2D eigenvalue weighted by Gasteiger charge is 2.52. The van der Waals surface area contributed by atoms with Crippen molar-refractivity contribution < 1.29 is 24.2 Å². The van der Waals surface area contributed by atoms with Crippen molar-refractivity contribution in [3.05, 3.63) is 0 Å². The highest BCUT2D eigenvalue weighted by atomic mass is 16.6. The quantitative estimate of drug-likeness (QED) is 0.767. The number of carbonyl (C=O) groups is 2. The number of aliphatic hydroxyl groups is 1. The fraction of sp³-hybridized carbons (Fsp3) is 0.857. The smallest absolute Gasteiger partial charge is 0.344 e. The maximum atomic E-state index is 11.5. The number of esters is 2. The maximum absolute atomic E-state index is 11.5. The van der Waals surface area contributed by atoms with Crippen molar-refractivity contribution in [2.24, 2.45) is 23.7 Å². The fourth-order valence-electron chi connectivity index (χ4n) is 4.47. The van der Waals surface area contributed by atoms with E-state index in [0.717, 1.165) is 36.5 Å². The Kier molecular flexibility index (Phi) is 3.48. The lowest BCUT2D eigenvalue weighted by molar-refractivity contribution is -0.163. The van der Waals surface area contributed by atoms with Crippen LogP contribution in [0, 0.1) is 23.7 Å². The van der Waals surface area contributed by atoms with Crippen LogP contribution in [0.1, 0.15) is 32.1 Å². The minimum absolute atomic E-state index is 0.00118. The van der Waals surface area contributed by atoms with E-state index in [4.69, 9.17) is 9.84 Å². The van der Waals surface area contributed by atoms with E-state index in [1.54, 1.807) is 0 Å². The second-order valence-corrected chi connectivity index (χ2v) is 6.06. The predicted octanol–water partition coefficient (Wildman–Crippen LogP) is 0.890. The average molecular weight is 268 g/mol. The van der Waals surface area contributed by atoms with Gasteiger partial charge in [-0.2, -0.15) is 0 Å². The number of aliphatic hydroxyl groups excluding tert-OH is 1. The standard InChI is InChI=1S/C14H20O5/c15-6-13(16)18-7-14(17)19-10-4-11-8-1-2-9(3-8)12(11)5-10/h8-12,15H,1-7H2. The third-order valence-corrected chi connectivity index (χ3v) is 5.12. The van der Waals surface area contributed by atoms with Gasteiger partial charge in [-0.05, 0) is 55.8 Å². The highest BCUT2D eigenvalue weighted by molar-refractivity contribution is 5.76. The Labute approximate surface area is 112 Å². The number of ether oxygens (including phenoxy) is 2. The summed E-state index contributed by atoms with van der Waals surface area (Å²) in [5.74, 6) is 1.90. The second kappa shape index (κ2) is 5.12. The van der Waals surface area contributed by atoms with Gasteiger partial charge in [-0.25, -0.2) is 9.59 Å². The van der Waals surface area contributed by atoms with Gasteiger partial charge in [-0.3, -0.25) is 0 Å². The lowest BCUT2D eigenvalue weighted by atomic mass is 9.82. The van der Waals surface area contributed by atoms with Crippen LogP contribution in [0.5, 0.6) is 0 Å². The molecule has 0 radical (unpaired) electrons. The molecule has 4 unspecified atom stereocenters. The van der Waals surface area contributed by atoms with Crippen LogP contribution >= 0.6 is 0 Å². The Morgan fingerprint density at radius 1 is 1.00 bits per heavy atom. The monoisotopic (exact) mass is 268 g/mol. The third-order valence-electron chi connectivity index (χ3n) is 5.12. The molecule has 1 N–H and O–H groups in total. The van der Waals surface area contributed by atoms with Crippen molar-refractivity contribution >= 4 is 11.9 Å². The molecule has 106 valence electrons. The van der Waals surface area contributed by atoms with Gasteiger partial charge in [0.2, 0.25) is 0 Å². The highest BCUT2D eigenvalue weighted by Crippen LogP contribution is 2.59. The second-order valence-electron chi connectivity index (χ2n) is 6.06. The molecule has 0 aromatic rings. The molecule has 3 rings (SSSR count). The number of rotatable bonds is 4. The Bertz CT molecular complexity index is 362. The Hall–Kier alpha value is -1.10. The van der Waals surface area contributed by atoms with E-state index in [2.05, 4.69) is 4.74 Å². The molecule has 3 fully saturated rings. The largest absolute Gasteiger partial charge is 0.460 e. The summed E-state index contributed by atoms with van der Waals surface area (Å²) in [6.07, 6.45) is 6.03. The molecule has 0 heterocycles. The normalized spacial score (nSPS) is 39.1. The molecular weight excluding hydrogens is 248 g/mol. The van der Waals surface area contributed by atoms with Gasteiger partial charge in [0.1, 0.15) is 12.7 Å². The Morgan fingerprint density at radius 3 is 2.21 bits per heavy atom. The van der Waals surface area contributed by atoms with Gasteiger partial charge in [0.25, 0.3) is 0 Å². The van der Waals surface area contributed by atoms with E-state index in [1.165, 1.54) is 19.3 Å². The van der Waals surface area contributed by atoms with E-state index in [9.17, 15) is 9.59 Å². The van der Waals surface area contributed by atoms with Crippen molar-refractivity contribution in [2.45, 2.75) is 38.2 Å². The van der Waals surface area contributed by atoms with Gasteiger partial charge < -0.3 is 14.6 Å². The number of hydrogen-bond donors (Lipinski definition) is 1. The van der Waals surface area contributed by atoms with Gasteiger partial charge in [0, 0.05) is 0 Å². The predicted molar refractivity (Wildman–Crippen MR) is 65.0 cm³/mol. The molecule has 3 saturated carbocycles. The summed E-state index contributed by atoms with van der Waals surface area (Å²) in [6, 6.07) is 0. The van der Waals surface area contributed by atoms with Gasteiger partial charge in [-0.1, -0.05) is 0 Å². The molecule has 4 atom stereocenters. The first-order valence-corrected chi connectivity index (χ1v) is 7.13. The van der Waals surface area contributed by atoms with Crippen LogP contribution < -0.4 is 0 Å². The number of hydrogen-bond acceptors (Lipinski definition) is 5. The van der Waals surface area contributed by atoms with Gasteiger partial charge >= 0.3 is 11.9 Å². The first kappa shape index (κ1) is 12.9. The van der Waals surface area contributed by atoms with Crippen LogP contribution in [0.15, 0.2) is 0 Å². The molecule has 5 nitrogen and oxygen atoms in total. The summed E-state index contributed by atoms with van der Waals surface area (Å²) in [5.41, 5.74) is 0. The van der Waals surface area contributed by atoms with E-state index >= 15 is 0 Å². The first-order valence-electron chi connectivity index (χ1n) is 7.13. The molecule has 0 aliphatic heterocycles. The molecule has 0 aromatic heterocycles. The zero-order chi connectivity index (χ0) is 13.4. The first-order chi connectivity index (χ1) is 9.17. The van der Waals surface area contributed by atoms with E-state index < -0.39 is 25.2 Å². The SMILES string of the molecule is O=C(CO)OCC(=O)OC1CC2C3CCC(C3)C2C1. The van der Waals surface area contributed by atoms with Crippen molar-refractivity contribution in [3.63, 3.8) is 0 Å². The van der Waals surface area contributed by atoms with Crippen molar-refractivity contribution in [2.75, 3.05) is 13.2 Å². The maximum Gasteiger partial charge on any atom is 0.344 e. The summed E-state index contributed by atoms with van der Waals surface area (Å²) < 4.78 is 9.92. The molecule has 2 bridgehead atoms. The molecule has 19 heavy (non-hydrogen) atoms. The third kappa shape index (κ3) is 2.48. The van der Waals surface area contributed by atoms with Crippen LogP contribution in [-0.2, 0) is 19.1 Å². The average Bonchev–Trinajstić information content (AvgIpc) is 3.07. The van der Waals surface area contributed by atoms with Crippen molar-refractivity contribution in [3.8, 4) is 0 Å². The van der Waals surface area contributed by atoms with Gasteiger partial charge in [-0.15, -0.1) is 0 Å². The minimum Gasteiger partial charge on any atom is -0.460 e. The molecular formula is C14H20O5. The summed E-state index contributed by atoms with van der Waals surface area (Å²) in [6.45, 7) is -1.09. The summed E-state index contributed by atoms with van der Waals surface area (Å²) in [5, 5.41) is 8.48. The lowest BCUT2D eigenvalue weighted by Gasteiger charge is -2.23. The number of fused-ring (bicyclic) bond motifs is 5. The van der Waals surface area contributed by atoms with E-state index in [-0.39, 0.29) is 6.10 Å². The van der Waals surface area contributed by atoms with Gasteiger partial charge in [0.05, 0.1) is 0 Å². The fourth-order valence-corrected chi connectivity index (χ4v) is 4.47. The zero-order valence-electron chi connectivity index (χ0n) is 10.9. The molecule has 3 aliphatic rings. The lowest BCUT2D eigenvalue weighted by Crippen LogP contribution is -2.23. The summed E-state index contributed by atoms with van der Waals surface area (Å²) in [7, 11) is 0. The van der Waals surface area contributed by atoms with Crippen LogP contribution in [0.4, 0.5) is 0 Å². The number of carbonyl (C=O) groups excluding carboxylic acids is 2. The van der Waals surface area contributed by atoms with Crippen LogP contribution in [0.2, 0.25) is 0 Å². The Morgan fingerprint density at radius 2 is 1.63 bits per heavy atom. The van der Waals surface area contributed by atoms with Crippen molar-refractivity contribution in [1.29, 1.82) is 0 Å². The molecule has 0 saturated heterocycles. The molecule has 5 heteroatoms. The summed E-state index contributed by atoms with van der Waals surface area (Å²) in [4.78, 5) is 22.3. The van der Waals surface area contributed by atoms with Crippen LogP contribution in [0.25, 0.3) is 0 Å². The molecule has 0 amide bonds.